The van der Waals surface area contributed by atoms with Gasteiger partial charge in [-0.2, -0.15) is 11.8 Å². The molecule has 0 aliphatic rings. The van der Waals surface area contributed by atoms with Crippen LogP contribution < -0.4 is 10.9 Å². The highest BCUT2D eigenvalue weighted by molar-refractivity contribution is 7.98. The molecule has 6 nitrogen and oxygen atoms in total. The number of nitrogens with one attached hydrogen (secondary N) is 2. The fourth-order valence-electron chi connectivity index (χ4n) is 2.46. The molecule has 3 aromatic rings. The van der Waals surface area contributed by atoms with Crippen LogP contribution in [0.4, 0.5) is 5.95 Å². The number of anilines is 1. The maximum Gasteiger partial charge on any atom is 0.255 e. The van der Waals surface area contributed by atoms with Gasteiger partial charge in [-0.1, -0.05) is 0 Å². The lowest BCUT2D eigenvalue weighted by atomic mass is 10.2. The Balaban J connectivity index is 1.46. The van der Waals surface area contributed by atoms with Gasteiger partial charge in [0.15, 0.2) is 0 Å². The average molecular weight is 422 g/mol. The number of thiazole rings is 1. The molecule has 0 amide bonds. The van der Waals surface area contributed by atoms with E-state index >= 15 is 0 Å². The Morgan fingerprint density at radius 1 is 1.26 bits per heavy atom. The number of thiophene rings is 1. The Morgan fingerprint density at radius 2 is 2.11 bits per heavy atom. The molecule has 3 aromatic heterocycles. The van der Waals surface area contributed by atoms with Gasteiger partial charge in [-0.25, -0.2) is 9.97 Å². The number of aromatic nitrogens is 3. The van der Waals surface area contributed by atoms with Crippen molar-refractivity contribution in [3.8, 4) is 0 Å². The molecule has 144 valence electrons. The largest absolute Gasteiger partial charge is 0.355 e. The molecule has 0 unspecified atom stereocenters. The maximum absolute atomic E-state index is 12.3. The molecule has 0 fully saturated rings. The lowest BCUT2D eigenvalue weighted by Crippen LogP contribution is -2.18. The summed E-state index contributed by atoms with van der Waals surface area (Å²) in [6.07, 6.45) is 4.12. The number of aromatic amines is 1. The van der Waals surface area contributed by atoms with Crippen LogP contribution in [0.1, 0.15) is 20.3 Å². The Bertz CT molecular complexity index is 889. The van der Waals surface area contributed by atoms with Crippen LogP contribution in [0.5, 0.6) is 0 Å². The van der Waals surface area contributed by atoms with Gasteiger partial charge in [-0.3, -0.25) is 9.78 Å². The second-order valence-electron chi connectivity index (χ2n) is 6.27. The molecule has 0 bridgehead atoms. The summed E-state index contributed by atoms with van der Waals surface area (Å²) >= 11 is 5.22. The number of H-pyrrole nitrogens is 1. The van der Waals surface area contributed by atoms with E-state index in [0.717, 1.165) is 29.6 Å². The summed E-state index contributed by atoms with van der Waals surface area (Å²) < 4.78 is 0. The van der Waals surface area contributed by atoms with Gasteiger partial charge in [0.1, 0.15) is 5.01 Å². The molecule has 0 saturated heterocycles. The van der Waals surface area contributed by atoms with E-state index in [1.807, 2.05) is 23.3 Å². The van der Waals surface area contributed by atoms with Crippen molar-refractivity contribution < 1.29 is 0 Å². The second-order valence-corrected chi connectivity index (χ2v) is 9.61. The summed E-state index contributed by atoms with van der Waals surface area (Å²) in [7, 11) is 4.11. The summed E-state index contributed by atoms with van der Waals surface area (Å²) in [4.78, 5) is 28.4. The fraction of sp³-hybridized carbons (Fsp3) is 0.389. The van der Waals surface area contributed by atoms with Crippen LogP contribution in [-0.4, -0.2) is 46.2 Å². The van der Waals surface area contributed by atoms with E-state index in [0.29, 0.717) is 17.9 Å². The van der Waals surface area contributed by atoms with Gasteiger partial charge < -0.3 is 10.2 Å². The van der Waals surface area contributed by atoms with Gasteiger partial charge in [0.25, 0.3) is 5.56 Å². The molecule has 3 heterocycles. The number of hydrogen-bond donors (Lipinski definition) is 2. The molecule has 0 radical (unpaired) electrons. The van der Waals surface area contributed by atoms with Crippen LogP contribution in [0.3, 0.4) is 0 Å². The highest BCUT2D eigenvalue weighted by Crippen LogP contribution is 2.20. The molecular weight excluding hydrogens is 398 g/mol. The normalized spacial score (nSPS) is 11.2. The first kappa shape index (κ1) is 20.1. The zero-order valence-electron chi connectivity index (χ0n) is 15.4. The van der Waals surface area contributed by atoms with Crippen molar-refractivity contribution in [2.45, 2.75) is 18.7 Å². The number of hydrogen-bond acceptors (Lipinski definition) is 8. The van der Waals surface area contributed by atoms with Gasteiger partial charge in [0.05, 0.1) is 0 Å². The van der Waals surface area contributed by atoms with Crippen molar-refractivity contribution in [2.24, 2.45) is 0 Å². The van der Waals surface area contributed by atoms with Crippen molar-refractivity contribution >= 4 is 40.4 Å². The molecule has 0 spiro atoms. The van der Waals surface area contributed by atoms with Crippen LogP contribution in [0, 0.1) is 0 Å². The van der Waals surface area contributed by atoms with Gasteiger partial charge in [-0.15, -0.1) is 22.7 Å². The first-order chi connectivity index (χ1) is 13.1. The maximum atomic E-state index is 12.3. The van der Waals surface area contributed by atoms with Crippen LogP contribution in [-0.2, 0) is 18.7 Å². The summed E-state index contributed by atoms with van der Waals surface area (Å²) in [5.41, 5.74) is 0.613. The molecule has 2 N–H and O–H groups in total. The van der Waals surface area contributed by atoms with Gasteiger partial charge in [-0.05, 0) is 26.2 Å². The van der Waals surface area contributed by atoms with E-state index in [2.05, 4.69) is 51.4 Å². The third-order valence-electron chi connectivity index (χ3n) is 3.67. The molecule has 9 heteroatoms. The van der Waals surface area contributed by atoms with E-state index in [1.54, 1.807) is 28.9 Å². The number of thioether (sulfide) groups is 1. The molecular formula is C18H23N5OS3. The highest BCUT2D eigenvalue weighted by Gasteiger charge is 2.07. The van der Waals surface area contributed by atoms with Gasteiger partial charge in [0.2, 0.25) is 5.95 Å². The van der Waals surface area contributed by atoms with Crippen LogP contribution >= 0.6 is 34.4 Å². The van der Waals surface area contributed by atoms with E-state index in [9.17, 15) is 4.79 Å². The lowest BCUT2D eigenvalue weighted by Gasteiger charge is -2.06. The van der Waals surface area contributed by atoms with E-state index < -0.39 is 0 Å². The summed E-state index contributed by atoms with van der Waals surface area (Å²) in [6.45, 7) is 1.67. The average Bonchev–Trinajstić information content (AvgIpc) is 3.28. The quantitative estimate of drug-likeness (QED) is 0.490. The third kappa shape index (κ3) is 6.46. The molecule has 0 atom stereocenters. The SMILES string of the molecule is CN(C)Cc1ccc(Cc2cnc(NCCSCc3nccs3)[nH]c2=O)s1. The first-order valence-corrected chi connectivity index (χ1v) is 11.5. The van der Waals surface area contributed by atoms with Crippen molar-refractivity contribution in [3.05, 3.63) is 60.6 Å². The Hall–Kier alpha value is -1.68. The summed E-state index contributed by atoms with van der Waals surface area (Å²) in [6, 6.07) is 4.22. The zero-order valence-corrected chi connectivity index (χ0v) is 17.8. The Labute approximate surface area is 171 Å². The highest BCUT2D eigenvalue weighted by atomic mass is 32.2. The second kappa shape index (κ2) is 10.0. The minimum atomic E-state index is -0.0782. The number of nitrogens with zero attached hydrogens (tertiary/aromatic N) is 3. The van der Waals surface area contributed by atoms with Gasteiger partial charge >= 0.3 is 0 Å². The minimum Gasteiger partial charge on any atom is -0.355 e. The van der Waals surface area contributed by atoms with Crippen molar-refractivity contribution in [1.82, 2.24) is 19.9 Å². The standard InChI is InChI=1S/C18H23N5OS3/c1-23(2)11-15-4-3-14(27-15)9-13-10-21-18(22-17(13)24)20-5-7-25-12-16-19-6-8-26-16/h3-4,6,8,10H,5,7,9,11-12H2,1-2H3,(H2,20,21,22,24). The lowest BCUT2D eigenvalue weighted by molar-refractivity contribution is 0.406. The molecule has 0 aliphatic carbocycles. The molecule has 0 saturated carbocycles. The van der Waals surface area contributed by atoms with Crippen molar-refractivity contribution in [1.29, 1.82) is 0 Å². The minimum absolute atomic E-state index is 0.0782. The molecule has 0 aliphatic heterocycles. The third-order valence-corrected chi connectivity index (χ3v) is 6.68. The van der Waals surface area contributed by atoms with Crippen molar-refractivity contribution in [2.75, 3.05) is 31.7 Å². The summed E-state index contributed by atoms with van der Waals surface area (Å²) in [5.74, 6) is 2.37. The monoisotopic (exact) mass is 421 g/mol. The van der Waals surface area contributed by atoms with E-state index in [4.69, 9.17) is 0 Å². The Morgan fingerprint density at radius 3 is 2.85 bits per heavy atom. The van der Waals surface area contributed by atoms with Crippen LogP contribution in [0.15, 0.2) is 34.7 Å². The van der Waals surface area contributed by atoms with E-state index in [-0.39, 0.29) is 5.56 Å². The van der Waals surface area contributed by atoms with Crippen LogP contribution in [0.2, 0.25) is 0 Å². The molecule has 27 heavy (non-hydrogen) atoms. The first-order valence-electron chi connectivity index (χ1n) is 8.60. The smallest absolute Gasteiger partial charge is 0.255 e. The number of rotatable bonds is 10. The predicted octanol–water partition coefficient (Wildman–Crippen LogP) is 3.29. The zero-order chi connectivity index (χ0) is 19.1. The topological polar surface area (TPSA) is 73.9 Å². The fourth-order valence-corrected chi connectivity index (χ4v) is 5.19. The molecule has 0 aromatic carbocycles. The Kier molecular flexibility index (Phi) is 7.45. The van der Waals surface area contributed by atoms with E-state index in [1.165, 1.54) is 9.75 Å². The summed E-state index contributed by atoms with van der Waals surface area (Å²) in [5, 5.41) is 6.30. The predicted molar refractivity (Wildman–Crippen MR) is 116 cm³/mol. The molecule has 3 rings (SSSR count). The van der Waals surface area contributed by atoms with Crippen LogP contribution in [0.25, 0.3) is 0 Å². The van der Waals surface area contributed by atoms with Crippen molar-refractivity contribution in [3.63, 3.8) is 0 Å². The van der Waals surface area contributed by atoms with Gasteiger partial charge in [0, 0.05) is 64.1 Å².